The molecule has 1 N–H and O–H groups in total. The number of hydrogen-bond acceptors (Lipinski definition) is 6. The summed E-state index contributed by atoms with van der Waals surface area (Å²) in [5, 5.41) is 13.7. The Morgan fingerprint density at radius 3 is 2.33 bits per heavy atom. The van der Waals surface area contributed by atoms with E-state index in [1.54, 1.807) is 12.5 Å². The Labute approximate surface area is 212 Å². The van der Waals surface area contributed by atoms with Crippen molar-refractivity contribution in [1.82, 2.24) is 29.7 Å². The molecule has 0 saturated heterocycles. The van der Waals surface area contributed by atoms with E-state index in [1.807, 2.05) is 107 Å². The molecule has 0 unspecified atom stereocenters. The highest BCUT2D eigenvalue weighted by molar-refractivity contribution is 7.99. The largest absolute Gasteiger partial charge is 0.306 e. The van der Waals surface area contributed by atoms with Gasteiger partial charge < -0.3 is 4.57 Å². The monoisotopic (exact) mass is 493 g/mol. The van der Waals surface area contributed by atoms with Crippen molar-refractivity contribution in [3.8, 4) is 22.8 Å². The maximum Gasteiger partial charge on any atom is 0.250 e. The predicted molar refractivity (Wildman–Crippen MR) is 141 cm³/mol. The summed E-state index contributed by atoms with van der Waals surface area (Å²) in [4.78, 5) is 16.6. The van der Waals surface area contributed by atoms with Crippen LogP contribution in [0.1, 0.15) is 12.5 Å². The lowest BCUT2D eigenvalue weighted by molar-refractivity contribution is -0.118. The zero-order valence-corrected chi connectivity index (χ0v) is 20.3. The van der Waals surface area contributed by atoms with E-state index < -0.39 is 0 Å². The molecule has 1 amide bonds. The van der Waals surface area contributed by atoms with E-state index in [1.165, 1.54) is 11.8 Å². The topological polar surface area (TPSA) is 90.0 Å². The van der Waals surface area contributed by atoms with Crippen molar-refractivity contribution >= 4 is 23.4 Å². The molecular formula is C27H23N7OS. The molecule has 0 fully saturated rings. The molecule has 2 aromatic heterocycles. The number of nitrogens with one attached hydrogen (secondary N) is 1. The minimum absolute atomic E-state index is 0.149. The Morgan fingerprint density at radius 2 is 1.64 bits per heavy atom. The number of nitrogens with zero attached hydrogens (tertiary/aromatic N) is 6. The second kappa shape index (κ2) is 10.8. The van der Waals surface area contributed by atoms with Crippen LogP contribution in [0.25, 0.3) is 22.8 Å². The Kier molecular flexibility index (Phi) is 7.00. The van der Waals surface area contributed by atoms with Gasteiger partial charge in [-0.3, -0.25) is 9.36 Å². The molecule has 0 aliphatic carbocycles. The van der Waals surface area contributed by atoms with Crippen LogP contribution in [-0.4, -0.2) is 41.7 Å². The van der Waals surface area contributed by atoms with E-state index in [0.717, 1.165) is 28.3 Å². The number of imidazole rings is 1. The van der Waals surface area contributed by atoms with E-state index in [0.29, 0.717) is 10.9 Å². The molecule has 0 aliphatic rings. The number of para-hydroxylation sites is 1. The number of aromatic nitrogens is 5. The first kappa shape index (κ1) is 23.3. The highest BCUT2D eigenvalue weighted by atomic mass is 32.2. The SMILES string of the molecule is C/C(=N/NC(=O)CSc1nnc(-c2ccccc2)n1-c1ccccc1)c1ccc(-n2ccnc2)cc1. The second-order valence-corrected chi connectivity index (χ2v) is 8.82. The molecule has 0 saturated carbocycles. The lowest BCUT2D eigenvalue weighted by atomic mass is 10.1. The van der Waals surface area contributed by atoms with Crippen LogP contribution in [0.3, 0.4) is 0 Å². The number of rotatable bonds is 8. The molecule has 8 nitrogen and oxygen atoms in total. The smallest absolute Gasteiger partial charge is 0.250 e. The van der Waals surface area contributed by atoms with Crippen molar-refractivity contribution in [2.45, 2.75) is 12.1 Å². The molecule has 36 heavy (non-hydrogen) atoms. The van der Waals surface area contributed by atoms with E-state index >= 15 is 0 Å². The summed E-state index contributed by atoms with van der Waals surface area (Å²) in [5.41, 5.74) is 7.16. The Bertz CT molecular complexity index is 1460. The summed E-state index contributed by atoms with van der Waals surface area (Å²) >= 11 is 1.31. The highest BCUT2D eigenvalue weighted by Gasteiger charge is 2.17. The van der Waals surface area contributed by atoms with Crippen LogP contribution in [0.4, 0.5) is 0 Å². The van der Waals surface area contributed by atoms with Crippen molar-refractivity contribution in [3.63, 3.8) is 0 Å². The average Bonchev–Trinajstić information content (AvgIpc) is 3.62. The Balaban J connectivity index is 1.27. The van der Waals surface area contributed by atoms with Crippen LogP contribution in [0, 0.1) is 0 Å². The molecule has 0 aliphatic heterocycles. The second-order valence-electron chi connectivity index (χ2n) is 7.88. The average molecular weight is 494 g/mol. The lowest BCUT2D eigenvalue weighted by Crippen LogP contribution is -2.21. The number of carbonyl (C=O) groups excluding carboxylic acids is 1. The predicted octanol–water partition coefficient (Wildman–Crippen LogP) is 4.75. The van der Waals surface area contributed by atoms with Gasteiger partial charge >= 0.3 is 0 Å². The third kappa shape index (κ3) is 5.26. The zero-order valence-electron chi connectivity index (χ0n) is 19.5. The van der Waals surface area contributed by atoms with Crippen molar-refractivity contribution in [3.05, 3.63) is 109 Å². The quantitative estimate of drug-likeness (QED) is 0.191. The summed E-state index contributed by atoms with van der Waals surface area (Å²) in [5.74, 6) is 0.645. The summed E-state index contributed by atoms with van der Waals surface area (Å²) in [7, 11) is 0. The van der Waals surface area contributed by atoms with Gasteiger partial charge in [0, 0.05) is 29.3 Å². The molecular weight excluding hydrogens is 470 g/mol. The Morgan fingerprint density at radius 1 is 0.917 bits per heavy atom. The highest BCUT2D eigenvalue weighted by Crippen LogP contribution is 2.27. The lowest BCUT2D eigenvalue weighted by Gasteiger charge is -2.10. The maximum absolute atomic E-state index is 12.6. The third-order valence-electron chi connectivity index (χ3n) is 5.45. The summed E-state index contributed by atoms with van der Waals surface area (Å²) < 4.78 is 3.89. The zero-order chi connectivity index (χ0) is 24.7. The normalized spacial score (nSPS) is 11.4. The molecule has 3 aromatic carbocycles. The molecule has 9 heteroatoms. The van der Waals surface area contributed by atoms with Crippen molar-refractivity contribution in [1.29, 1.82) is 0 Å². The van der Waals surface area contributed by atoms with Crippen LogP contribution < -0.4 is 5.43 Å². The van der Waals surface area contributed by atoms with Crippen molar-refractivity contribution in [2.24, 2.45) is 5.10 Å². The van der Waals surface area contributed by atoms with Gasteiger partial charge in [-0.1, -0.05) is 72.4 Å². The van der Waals surface area contributed by atoms with Gasteiger partial charge in [0.2, 0.25) is 0 Å². The first-order valence-corrected chi connectivity index (χ1v) is 12.3. The molecule has 0 radical (unpaired) electrons. The number of carbonyl (C=O) groups is 1. The standard InChI is InChI=1S/C27H23N7OS/c1-20(21-12-14-23(15-13-21)33-17-16-28-19-33)29-30-25(35)18-36-27-32-31-26(22-8-4-2-5-9-22)34(27)24-10-6-3-7-11-24/h2-17,19H,18H2,1H3,(H,30,35)/b29-20-. The maximum atomic E-state index is 12.6. The minimum Gasteiger partial charge on any atom is -0.306 e. The molecule has 178 valence electrons. The molecule has 2 heterocycles. The molecule has 0 bridgehead atoms. The molecule has 5 rings (SSSR count). The fraction of sp³-hybridized carbons (Fsp3) is 0.0741. The van der Waals surface area contributed by atoms with E-state index in [2.05, 4.69) is 25.7 Å². The van der Waals surface area contributed by atoms with Crippen LogP contribution >= 0.6 is 11.8 Å². The van der Waals surface area contributed by atoms with Crippen molar-refractivity contribution < 1.29 is 4.79 Å². The minimum atomic E-state index is -0.224. The molecule has 0 spiro atoms. The molecule has 5 aromatic rings. The summed E-state index contributed by atoms with van der Waals surface area (Å²) in [6, 6.07) is 27.6. The fourth-order valence-electron chi connectivity index (χ4n) is 3.61. The summed E-state index contributed by atoms with van der Waals surface area (Å²) in [6.07, 6.45) is 5.36. The summed E-state index contributed by atoms with van der Waals surface area (Å²) in [6.45, 7) is 1.86. The number of hydrazone groups is 1. The first-order chi connectivity index (χ1) is 17.7. The van der Waals surface area contributed by atoms with Crippen LogP contribution in [0.5, 0.6) is 0 Å². The van der Waals surface area contributed by atoms with Gasteiger partial charge in [-0.05, 0) is 36.8 Å². The van der Waals surface area contributed by atoms with Gasteiger partial charge in [-0.2, -0.15) is 5.10 Å². The fourth-order valence-corrected chi connectivity index (χ4v) is 4.35. The number of amides is 1. The molecule has 0 atom stereocenters. The van der Waals surface area contributed by atoms with E-state index in [9.17, 15) is 4.79 Å². The van der Waals surface area contributed by atoms with Gasteiger partial charge in [0.15, 0.2) is 11.0 Å². The van der Waals surface area contributed by atoms with E-state index in [-0.39, 0.29) is 11.7 Å². The third-order valence-corrected chi connectivity index (χ3v) is 6.38. The van der Waals surface area contributed by atoms with Crippen LogP contribution in [0.2, 0.25) is 0 Å². The number of thioether (sulfide) groups is 1. The van der Waals surface area contributed by atoms with Crippen LogP contribution in [-0.2, 0) is 4.79 Å². The first-order valence-electron chi connectivity index (χ1n) is 11.3. The number of hydrogen-bond donors (Lipinski definition) is 1. The van der Waals surface area contributed by atoms with Gasteiger partial charge in [0.25, 0.3) is 5.91 Å². The van der Waals surface area contributed by atoms with Crippen LogP contribution in [0.15, 0.2) is 114 Å². The van der Waals surface area contributed by atoms with Gasteiger partial charge in [0.1, 0.15) is 0 Å². The van der Waals surface area contributed by atoms with Gasteiger partial charge in [-0.25, -0.2) is 10.4 Å². The van der Waals surface area contributed by atoms with Gasteiger partial charge in [0.05, 0.1) is 17.8 Å². The van der Waals surface area contributed by atoms with Gasteiger partial charge in [-0.15, -0.1) is 10.2 Å². The number of benzene rings is 3. The van der Waals surface area contributed by atoms with E-state index in [4.69, 9.17) is 0 Å². The van der Waals surface area contributed by atoms with Crippen molar-refractivity contribution in [2.75, 3.05) is 5.75 Å². The Hall–Kier alpha value is -4.50.